The van der Waals surface area contributed by atoms with Gasteiger partial charge in [-0.15, -0.1) is 0 Å². The topological polar surface area (TPSA) is 52.2 Å². The van der Waals surface area contributed by atoms with Gasteiger partial charge >= 0.3 is 0 Å². The Kier molecular flexibility index (Phi) is 6.91. The zero-order valence-corrected chi connectivity index (χ0v) is 6.47. The summed E-state index contributed by atoms with van der Waals surface area (Å²) in [5, 5.41) is 21.9. The molecule has 0 bridgehead atoms. The first-order valence-electron chi connectivity index (χ1n) is 3.78. The zero-order chi connectivity index (χ0) is 7.82. The molecule has 0 fully saturated rings. The lowest BCUT2D eigenvalue weighted by Gasteiger charge is -2.07. The van der Waals surface area contributed by atoms with Crippen molar-refractivity contribution in [3.05, 3.63) is 0 Å². The zero-order valence-electron chi connectivity index (χ0n) is 6.47. The number of hydrogen-bond acceptors (Lipinski definition) is 2. The molecule has 0 aliphatic rings. The fourth-order valence-corrected chi connectivity index (χ4v) is 0.610. The summed E-state index contributed by atoms with van der Waals surface area (Å²) in [6, 6.07) is 0. The second kappa shape index (κ2) is 6.99. The molecule has 0 aromatic rings. The third kappa shape index (κ3) is 6.01. The van der Waals surface area contributed by atoms with Crippen molar-refractivity contribution < 1.29 is 10.2 Å². The Bertz CT molecular complexity index is 68.6. The second-order valence-electron chi connectivity index (χ2n) is 2.32. The molecule has 0 spiro atoms. The van der Waals surface area contributed by atoms with Crippen LogP contribution in [-0.2, 0) is 5.11 Å². The van der Waals surface area contributed by atoms with Crippen LogP contribution in [0.15, 0.2) is 0 Å². The quantitative estimate of drug-likeness (QED) is 0.525. The van der Waals surface area contributed by atoms with E-state index in [0.29, 0.717) is 13.0 Å². The Labute approximate surface area is 62.1 Å². The van der Waals surface area contributed by atoms with Crippen molar-refractivity contribution in [3.8, 4) is 0 Å². The van der Waals surface area contributed by atoms with E-state index in [9.17, 15) is 5.11 Å². The summed E-state index contributed by atoms with van der Waals surface area (Å²) in [6.07, 6.45) is 1.16. The highest BCUT2D eigenvalue weighted by molar-refractivity contribution is 4.55. The van der Waals surface area contributed by atoms with Crippen LogP contribution in [0.4, 0.5) is 0 Å². The van der Waals surface area contributed by atoms with Gasteiger partial charge in [-0.25, -0.2) is 5.11 Å². The number of rotatable bonds is 6. The van der Waals surface area contributed by atoms with E-state index in [-0.39, 0.29) is 12.7 Å². The van der Waals surface area contributed by atoms with Crippen molar-refractivity contribution in [3.63, 3.8) is 0 Å². The minimum Gasteiger partial charge on any atom is -0.392 e. The summed E-state index contributed by atoms with van der Waals surface area (Å²) >= 11 is 0. The molecule has 0 aromatic carbocycles. The first kappa shape index (κ1) is 9.88. The van der Waals surface area contributed by atoms with Crippen LogP contribution in [0.2, 0.25) is 0 Å². The highest BCUT2D eigenvalue weighted by atomic mass is 16.3. The molecule has 10 heavy (non-hydrogen) atoms. The van der Waals surface area contributed by atoms with E-state index < -0.39 is 0 Å². The first-order chi connectivity index (χ1) is 4.81. The van der Waals surface area contributed by atoms with Gasteiger partial charge in [-0.2, -0.15) is 0 Å². The van der Waals surface area contributed by atoms with E-state index in [1.54, 1.807) is 0 Å². The molecule has 0 saturated carbocycles. The van der Waals surface area contributed by atoms with Crippen LogP contribution in [0.1, 0.15) is 19.8 Å². The van der Waals surface area contributed by atoms with Gasteiger partial charge in [0, 0.05) is 6.54 Å². The van der Waals surface area contributed by atoms with Gasteiger partial charge in [0.05, 0.1) is 12.7 Å². The lowest BCUT2D eigenvalue weighted by atomic mass is 10.3. The minimum atomic E-state index is -0.258. The van der Waals surface area contributed by atoms with Crippen molar-refractivity contribution in [2.75, 3.05) is 19.7 Å². The standard InChI is InChI=1S/C7H16NO2/c1-2-7(10)6-8-4-3-5-9/h7-8,10H,2-6H2,1H3. The molecular weight excluding hydrogens is 130 g/mol. The lowest BCUT2D eigenvalue weighted by molar-refractivity contribution is 0.161. The Morgan fingerprint density at radius 3 is 2.80 bits per heavy atom. The summed E-state index contributed by atoms with van der Waals surface area (Å²) in [5.41, 5.74) is 0. The van der Waals surface area contributed by atoms with Crippen molar-refractivity contribution in [2.45, 2.75) is 25.9 Å². The van der Waals surface area contributed by atoms with Gasteiger partial charge in [0.2, 0.25) is 0 Å². The van der Waals surface area contributed by atoms with E-state index in [1.807, 2.05) is 6.92 Å². The number of nitrogens with one attached hydrogen (secondary N) is 1. The molecule has 1 radical (unpaired) electrons. The Hall–Kier alpha value is -0.120. The molecule has 0 aliphatic carbocycles. The van der Waals surface area contributed by atoms with Gasteiger partial charge in [-0.3, -0.25) is 0 Å². The number of aliphatic hydroxyl groups excluding tert-OH is 1. The van der Waals surface area contributed by atoms with E-state index in [1.165, 1.54) is 0 Å². The van der Waals surface area contributed by atoms with Crippen LogP contribution in [-0.4, -0.2) is 30.9 Å². The van der Waals surface area contributed by atoms with Gasteiger partial charge in [-0.1, -0.05) is 6.92 Å². The third-order valence-corrected chi connectivity index (χ3v) is 1.35. The monoisotopic (exact) mass is 146 g/mol. The summed E-state index contributed by atoms with van der Waals surface area (Å²) in [5.74, 6) is 0. The van der Waals surface area contributed by atoms with Crippen LogP contribution >= 0.6 is 0 Å². The van der Waals surface area contributed by atoms with Gasteiger partial charge in [-0.05, 0) is 19.4 Å². The van der Waals surface area contributed by atoms with Crippen molar-refractivity contribution in [2.24, 2.45) is 0 Å². The molecule has 0 saturated heterocycles. The third-order valence-electron chi connectivity index (χ3n) is 1.35. The highest BCUT2D eigenvalue weighted by Gasteiger charge is 1.97. The summed E-state index contributed by atoms with van der Waals surface area (Å²) < 4.78 is 0. The molecule has 61 valence electrons. The van der Waals surface area contributed by atoms with E-state index in [4.69, 9.17) is 5.11 Å². The van der Waals surface area contributed by atoms with E-state index in [2.05, 4.69) is 5.32 Å². The molecule has 1 unspecified atom stereocenters. The minimum absolute atomic E-state index is 0.0325. The summed E-state index contributed by atoms with van der Waals surface area (Å²) in [7, 11) is 0. The van der Waals surface area contributed by atoms with Crippen LogP contribution in [0.25, 0.3) is 0 Å². The molecule has 3 nitrogen and oxygen atoms in total. The van der Waals surface area contributed by atoms with Crippen molar-refractivity contribution in [1.29, 1.82) is 0 Å². The smallest absolute Gasteiger partial charge is 0.0834 e. The van der Waals surface area contributed by atoms with Gasteiger partial charge in [0.25, 0.3) is 0 Å². The fourth-order valence-electron chi connectivity index (χ4n) is 0.610. The second-order valence-corrected chi connectivity index (χ2v) is 2.32. The predicted octanol–water partition coefficient (Wildman–Crippen LogP) is 0.167. The van der Waals surface area contributed by atoms with Crippen molar-refractivity contribution >= 4 is 0 Å². The molecule has 2 N–H and O–H groups in total. The normalized spacial score (nSPS) is 13.5. The Morgan fingerprint density at radius 2 is 2.30 bits per heavy atom. The molecule has 0 rings (SSSR count). The number of hydrogen-bond donors (Lipinski definition) is 2. The van der Waals surface area contributed by atoms with Crippen LogP contribution < -0.4 is 5.32 Å². The molecule has 0 amide bonds. The predicted molar refractivity (Wildman–Crippen MR) is 39.3 cm³/mol. The molecule has 0 heterocycles. The average Bonchev–Trinajstić information content (AvgIpc) is 1.98. The Balaban J connectivity index is 2.89. The SMILES string of the molecule is CCC(O)CNCCC[O]. The van der Waals surface area contributed by atoms with Gasteiger partial charge in [0.1, 0.15) is 0 Å². The molecule has 0 aromatic heterocycles. The summed E-state index contributed by atoms with van der Waals surface area (Å²) in [6.45, 7) is 3.23. The molecule has 1 atom stereocenters. The van der Waals surface area contributed by atoms with Gasteiger partial charge in [0.15, 0.2) is 0 Å². The fraction of sp³-hybridized carbons (Fsp3) is 1.00. The molecular formula is C7H16NO2. The van der Waals surface area contributed by atoms with Crippen molar-refractivity contribution in [1.82, 2.24) is 5.32 Å². The highest BCUT2D eigenvalue weighted by Crippen LogP contribution is 1.85. The number of aliphatic hydroxyl groups is 1. The maximum Gasteiger partial charge on any atom is 0.0834 e. The maximum absolute atomic E-state index is 9.94. The first-order valence-corrected chi connectivity index (χ1v) is 3.78. The Morgan fingerprint density at radius 1 is 1.60 bits per heavy atom. The van der Waals surface area contributed by atoms with E-state index >= 15 is 0 Å². The summed E-state index contributed by atoms with van der Waals surface area (Å²) in [4.78, 5) is 0. The lowest BCUT2D eigenvalue weighted by Crippen LogP contribution is -2.27. The average molecular weight is 146 g/mol. The van der Waals surface area contributed by atoms with Crippen LogP contribution in [0.3, 0.4) is 0 Å². The maximum atomic E-state index is 9.94. The van der Waals surface area contributed by atoms with E-state index in [0.717, 1.165) is 13.0 Å². The van der Waals surface area contributed by atoms with Gasteiger partial charge < -0.3 is 10.4 Å². The van der Waals surface area contributed by atoms with Crippen LogP contribution in [0.5, 0.6) is 0 Å². The molecule has 0 aliphatic heterocycles. The molecule has 3 heteroatoms. The largest absolute Gasteiger partial charge is 0.392 e. The van der Waals surface area contributed by atoms with Crippen LogP contribution in [0, 0.1) is 0 Å².